The fourth-order valence-electron chi connectivity index (χ4n) is 1.31. The predicted octanol–water partition coefficient (Wildman–Crippen LogP) is 1.49. The Morgan fingerprint density at radius 3 is 2.71 bits per heavy atom. The molecule has 17 heavy (non-hydrogen) atoms. The first kappa shape index (κ1) is 13.9. The van der Waals surface area contributed by atoms with E-state index in [4.69, 9.17) is 0 Å². The molecule has 96 valence electrons. The van der Waals surface area contributed by atoms with Crippen molar-refractivity contribution in [3.63, 3.8) is 0 Å². The van der Waals surface area contributed by atoms with Crippen LogP contribution in [0.4, 0.5) is 10.1 Å². The zero-order chi connectivity index (χ0) is 12.9. The Morgan fingerprint density at radius 1 is 1.35 bits per heavy atom. The van der Waals surface area contributed by atoms with Crippen molar-refractivity contribution in [3.8, 4) is 0 Å². The zero-order valence-corrected chi connectivity index (χ0v) is 10.8. The summed E-state index contributed by atoms with van der Waals surface area (Å²) in [7, 11) is -3.43. The third-order valence-corrected chi connectivity index (χ3v) is 3.54. The number of hydrogen-bond acceptors (Lipinski definition) is 3. The number of sulfonamides is 1. The normalized spacial score (nSPS) is 11.5. The number of aryl methyl sites for hydroxylation is 1. The van der Waals surface area contributed by atoms with Crippen LogP contribution in [0.3, 0.4) is 0 Å². The lowest BCUT2D eigenvalue weighted by Gasteiger charge is -2.10. The molecule has 0 bridgehead atoms. The van der Waals surface area contributed by atoms with Crippen molar-refractivity contribution in [1.82, 2.24) is 5.32 Å². The summed E-state index contributed by atoms with van der Waals surface area (Å²) in [5, 5.41) is 2.92. The molecule has 1 rings (SSSR count). The highest BCUT2D eigenvalue weighted by Crippen LogP contribution is 2.17. The fourth-order valence-corrected chi connectivity index (χ4v) is 2.38. The molecule has 0 aliphatic carbocycles. The monoisotopic (exact) mass is 260 g/mol. The Balaban J connectivity index is 2.72. The zero-order valence-electron chi connectivity index (χ0n) is 9.96. The molecule has 0 aromatic heterocycles. The minimum Gasteiger partial charge on any atom is -0.316 e. The van der Waals surface area contributed by atoms with Crippen molar-refractivity contribution in [2.24, 2.45) is 0 Å². The molecule has 0 amide bonds. The van der Waals surface area contributed by atoms with E-state index >= 15 is 0 Å². The molecule has 0 aliphatic rings. The Hall–Kier alpha value is -1.14. The summed E-state index contributed by atoms with van der Waals surface area (Å²) in [5.74, 6) is -0.489. The summed E-state index contributed by atoms with van der Waals surface area (Å²) in [6.45, 7) is 4.72. The van der Waals surface area contributed by atoms with Crippen molar-refractivity contribution >= 4 is 15.7 Å². The molecule has 0 saturated carbocycles. The largest absolute Gasteiger partial charge is 0.316 e. The van der Waals surface area contributed by atoms with Gasteiger partial charge in [0.05, 0.1) is 11.4 Å². The minimum atomic E-state index is -3.43. The van der Waals surface area contributed by atoms with Gasteiger partial charge in [0.2, 0.25) is 10.0 Å². The van der Waals surface area contributed by atoms with Gasteiger partial charge in [-0.3, -0.25) is 4.72 Å². The second-order valence-electron chi connectivity index (χ2n) is 3.73. The van der Waals surface area contributed by atoms with Crippen LogP contribution in [0.15, 0.2) is 18.2 Å². The summed E-state index contributed by atoms with van der Waals surface area (Å²) in [4.78, 5) is 0. The van der Waals surface area contributed by atoms with Crippen molar-refractivity contribution in [3.05, 3.63) is 29.6 Å². The van der Waals surface area contributed by atoms with Gasteiger partial charge in [-0.05, 0) is 31.2 Å². The van der Waals surface area contributed by atoms with Crippen molar-refractivity contribution < 1.29 is 12.8 Å². The standard InChI is InChI=1S/C11H17FN2O2S/c1-3-13-6-7-17(15,16)14-11-8-10(12)5-4-9(11)2/h4-5,8,13-14H,3,6-7H2,1-2H3. The molecule has 0 fully saturated rings. The fraction of sp³-hybridized carbons (Fsp3) is 0.455. The summed E-state index contributed by atoms with van der Waals surface area (Å²) in [6.07, 6.45) is 0. The summed E-state index contributed by atoms with van der Waals surface area (Å²) in [5.41, 5.74) is 0.986. The van der Waals surface area contributed by atoms with Crippen LogP contribution in [0.25, 0.3) is 0 Å². The topological polar surface area (TPSA) is 58.2 Å². The second-order valence-corrected chi connectivity index (χ2v) is 5.58. The van der Waals surface area contributed by atoms with Crippen LogP contribution in [0.1, 0.15) is 12.5 Å². The van der Waals surface area contributed by atoms with Crippen LogP contribution in [0.2, 0.25) is 0 Å². The van der Waals surface area contributed by atoms with Crippen molar-refractivity contribution in [1.29, 1.82) is 0 Å². The molecule has 1 aromatic rings. The van der Waals surface area contributed by atoms with E-state index in [1.54, 1.807) is 6.92 Å². The van der Waals surface area contributed by atoms with E-state index in [0.29, 0.717) is 24.3 Å². The SMILES string of the molecule is CCNCCS(=O)(=O)Nc1cc(F)ccc1C. The minimum absolute atomic E-state index is 0.0310. The quantitative estimate of drug-likeness (QED) is 0.762. The lowest BCUT2D eigenvalue weighted by molar-refractivity contribution is 0.597. The average molecular weight is 260 g/mol. The van der Waals surface area contributed by atoms with Crippen LogP contribution in [0.5, 0.6) is 0 Å². The predicted molar refractivity (Wildman–Crippen MR) is 67.1 cm³/mol. The van der Waals surface area contributed by atoms with Crippen LogP contribution in [-0.2, 0) is 10.0 Å². The van der Waals surface area contributed by atoms with Gasteiger partial charge in [0, 0.05) is 6.54 Å². The second kappa shape index (κ2) is 5.97. The molecule has 0 atom stereocenters. The highest BCUT2D eigenvalue weighted by Gasteiger charge is 2.11. The smallest absolute Gasteiger partial charge is 0.233 e. The highest BCUT2D eigenvalue weighted by molar-refractivity contribution is 7.92. The highest BCUT2D eigenvalue weighted by atomic mass is 32.2. The summed E-state index contributed by atoms with van der Waals surface area (Å²) in [6, 6.07) is 4.02. The third-order valence-electron chi connectivity index (χ3n) is 2.26. The van der Waals surface area contributed by atoms with Crippen LogP contribution < -0.4 is 10.0 Å². The lowest BCUT2D eigenvalue weighted by Crippen LogP contribution is -2.26. The summed E-state index contributed by atoms with van der Waals surface area (Å²) >= 11 is 0. The maximum Gasteiger partial charge on any atom is 0.233 e. The van der Waals surface area contributed by atoms with E-state index in [9.17, 15) is 12.8 Å². The molecule has 0 aliphatic heterocycles. The van der Waals surface area contributed by atoms with Gasteiger partial charge >= 0.3 is 0 Å². The number of benzene rings is 1. The molecule has 1 aromatic carbocycles. The summed E-state index contributed by atoms with van der Waals surface area (Å²) < 4.78 is 38.7. The van der Waals surface area contributed by atoms with E-state index in [0.717, 1.165) is 0 Å². The molecule has 0 spiro atoms. The van der Waals surface area contributed by atoms with Gasteiger partial charge in [-0.25, -0.2) is 12.8 Å². The number of rotatable bonds is 6. The molecule has 0 radical (unpaired) electrons. The van der Waals surface area contributed by atoms with Crippen LogP contribution >= 0.6 is 0 Å². The Labute approximate surface area is 101 Å². The molecule has 4 nitrogen and oxygen atoms in total. The van der Waals surface area contributed by atoms with Gasteiger partial charge < -0.3 is 5.32 Å². The van der Waals surface area contributed by atoms with Gasteiger partial charge in [0.25, 0.3) is 0 Å². The third kappa shape index (κ3) is 4.70. The Morgan fingerprint density at radius 2 is 2.06 bits per heavy atom. The van der Waals surface area contributed by atoms with Gasteiger partial charge in [0.15, 0.2) is 0 Å². The first-order chi connectivity index (χ1) is 7.94. The maximum atomic E-state index is 13.0. The number of anilines is 1. The van der Waals surface area contributed by atoms with E-state index in [1.165, 1.54) is 18.2 Å². The van der Waals surface area contributed by atoms with Gasteiger partial charge in [-0.1, -0.05) is 13.0 Å². The van der Waals surface area contributed by atoms with Crippen LogP contribution in [-0.4, -0.2) is 27.3 Å². The number of halogens is 1. The number of hydrogen-bond donors (Lipinski definition) is 2. The molecule has 0 saturated heterocycles. The van der Waals surface area contributed by atoms with Gasteiger partial charge in [0.1, 0.15) is 5.82 Å². The van der Waals surface area contributed by atoms with E-state index in [-0.39, 0.29) is 5.75 Å². The molecular weight excluding hydrogens is 243 g/mol. The number of nitrogens with one attached hydrogen (secondary N) is 2. The lowest BCUT2D eigenvalue weighted by atomic mass is 10.2. The van der Waals surface area contributed by atoms with E-state index < -0.39 is 15.8 Å². The first-order valence-corrected chi connectivity index (χ1v) is 7.07. The average Bonchev–Trinajstić information content (AvgIpc) is 2.23. The molecule has 0 unspecified atom stereocenters. The van der Waals surface area contributed by atoms with E-state index in [1.807, 2.05) is 6.92 Å². The van der Waals surface area contributed by atoms with Gasteiger partial charge in [-0.2, -0.15) is 0 Å². The van der Waals surface area contributed by atoms with Crippen molar-refractivity contribution in [2.45, 2.75) is 13.8 Å². The maximum absolute atomic E-state index is 13.0. The Bertz CT molecular complexity index is 474. The molecule has 2 N–H and O–H groups in total. The molecule has 0 heterocycles. The molecule has 6 heteroatoms. The Kier molecular flexibility index (Phi) is 4.89. The first-order valence-electron chi connectivity index (χ1n) is 5.42. The van der Waals surface area contributed by atoms with Crippen LogP contribution in [0, 0.1) is 12.7 Å². The van der Waals surface area contributed by atoms with E-state index in [2.05, 4.69) is 10.0 Å². The van der Waals surface area contributed by atoms with Crippen molar-refractivity contribution in [2.75, 3.05) is 23.6 Å². The van der Waals surface area contributed by atoms with Gasteiger partial charge in [-0.15, -0.1) is 0 Å². The molecular formula is C11H17FN2O2S.